The summed E-state index contributed by atoms with van der Waals surface area (Å²) in [7, 11) is 0. The van der Waals surface area contributed by atoms with Gasteiger partial charge in [0.25, 0.3) is 0 Å². The number of anilines is 2. The van der Waals surface area contributed by atoms with Crippen LogP contribution in [0.25, 0.3) is 0 Å². The Hall–Kier alpha value is -2.26. The lowest BCUT2D eigenvalue weighted by atomic mass is 10.2. The maximum atomic E-state index is 6.12. The fourth-order valence-corrected chi connectivity index (χ4v) is 2.19. The first kappa shape index (κ1) is 12.8. The summed E-state index contributed by atoms with van der Waals surface area (Å²) in [5, 5.41) is 8.31. The van der Waals surface area contributed by atoms with Gasteiger partial charge in [-0.1, -0.05) is 54.1 Å². The summed E-state index contributed by atoms with van der Waals surface area (Å²) >= 11 is 6.12. The normalized spacial score (nSPS) is 10.4. The quantitative estimate of drug-likeness (QED) is 0.772. The van der Waals surface area contributed by atoms with Crippen LogP contribution in [0.2, 0.25) is 5.02 Å². The predicted octanol–water partition coefficient (Wildman–Crippen LogP) is 4.33. The van der Waals surface area contributed by atoms with Crippen LogP contribution in [0.3, 0.4) is 0 Å². The van der Waals surface area contributed by atoms with Gasteiger partial charge in [-0.2, -0.15) is 5.10 Å². The third-order valence-corrected chi connectivity index (χ3v) is 3.30. The molecule has 1 aromatic heterocycles. The Labute approximate surface area is 122 Å². The number of para-hydroxylation sites is 1. The highest BCUT2D eigenvalue weighted by Gasteiger charge is 2.02. The molecule has 0 aliphatic heterocycles. The van der Waals surface area contributed by atoms with Crippen molar-refractivity contribution in [3.05, 3.63) is 77.6 Å². The first-order chi connectivity index (χ1) is 9.81. The number of rotatable bonds is 4. The fraction of sp³-hybridized carbons (Fsp3) is 0.0625. The number of nitrogens with one attached hydrogen (secondary N) is 1. The van der Waals surface area contributed by atoms with Gasteiger partial charge in [0, 0.05) is 6.20 Å². The molecule has 20 heavy (non-hydrogen) atoms. The molecule has 3 rings (SSSR count). The van der Waals surface area contributed by atoms with Crippen molar-refractivity contribution in [3.8, 4) is 0 Å². The smallest absolute Gasteiger partial charge is 0.0771 e. The molecule has 0 bridgehead atoms. The summed E-state index contributed by atoms with van der Waals surface area (Å²) < 4.78 is 1.90. The Morgan fingerprint density at radius 2 is 1.75 bits per heavy atom. The van der Waals surface area contributed by atoms with Crippen molar-refractivity contribution >= 4 is 23.0 Å². The second-order valence-electron chi connectivity index (χ2n) is 4.52. The van der Waals surface area contributed by atoms with Crippen molar-refractivity contribution < 1.29 is 0 Å². The number of aromatic nitrogens is 2. The maximum absolute atomic E-state index is 6.12. The van der Waals surface area contributed by atoms with Gasteiger partial charge in [0.15, 0.2) is 0 Å². The monoisotopic (exact) mass is 283 g/mol. The Kier molecular flexibility index (Phi) is 3.70. The molecular formula is C16H14ClN3. The summed E-state index contributed by atoms with van der Waals surface area (Å²) in [4.78, 5) is 0. The lowest BCUT2D eigenvalue weighted by molar-refractivity contribution is 0.687. The van der Waals surface area contributed by atoms with E-state index in [1.165, 1.54) is 5.56 Å². The molecule has 3 nitrogen and oxygen atoms in total. The van der Waals surface area contributed by atoms with E-state index in [2.05, 4.69) is 22.5 Å². The Morgan fingerprint density at radius 1 is 1.00 bits per heavy atom. The Bertz CT molecular complexity index is 692. The molecular weight excluding hydrogens is 270 g/mol. The average Bonchev–Trinajstić information content (AvgIpc) is 2.90. The number of hydrogen-bond acceptors (Lipinski definition) is 2. The van der Waals surface area contributed by atoms with E-state index in [0.717, 1.165) is 17.9 Å². The van der Waals surface area contributed by atoms with Gasteiger partial charge in [-0.05, 0) is 17.7 Å². The van der Waals surface area contributed by atoms with Crippen molar-refractivity contribution in [2.45, 2.75) is 6.54 Å². The Balaban J connectivity index is 1.73. The van der Waals surface area contributed by atoms with E-state index in [1.54, 1.807) is 6.20 Å². The molecule has 0 fully saturated rings. The van der Waals surface area contributed by atoms with Crippen LogP contribution >= 0.6 is 11.6 Å². The van der Waals surface area contributed by atoms with Crippen LogP contribution < -0.4 is 5.32 Å². The molecule has 0 amide bonds. The van der Waals surface area contributed by atoms with Gasteiger partial charge in [-0.25, -0.2) is 0 Å². The zero-order chi connectivity index (χ0) is 13.8. The fourth-order valence-electron chi connectivity index (χ4n) is 2.00. The van der Waals surface area contributed by atoms with Crippen molar-refractivity contribution in [3.63, 3.8) is 0 Å². The van der Waals surface area contributed by atoms with Crippen LogP contribution in [0, 0.1) is 0 Å². The van der Waals surface area contributed by atoms with Gasteiger partial charge in [-0.3, -0.25) is 4.68 Å². The lowest BCUT2D eigenvalue weighted by Crippen LogP contribution is -1.99. The van der Waals surface area contributed by atoms with E-state index in [4.69, 9.17) is 11.6 Å². The van der Waals surface area contributed by atoms with E-state index in [-0.39, 0.29) is 0 Å². The third-order valence-electron chi connectivity index (χ3n) is 2.97. The van der Waals surface area contributed by atoms with E-state index in [9.17, 15) is 0 Å². The van der Waals surface area contributed by atoms with Gasteiger partial charge in [0.05, 0.1) is 29.1 Å². The summed E-state index contributed by atoms with van der Waals surface area (Å²) in [6.45, 7) is 0.755. The van der Waals surface area contributed by atoms with Crippen molar-refractivity contribution in [2.75, 3.05) is 5.32 Å². The van der Waals surface area contributed by atoms with Crippen molar-refractivity contribution in [1.29, 1.82) is 0 Å². The molecule has 100 valence electrons. The van der Waals surface area contributed by atoms with Crippen LogP contribution in [0.15, 0.2) is 67.0 Å². The highest BCUT2D eigenvalue weighted by molar-refractivity contribution is 6.33. The lowest BCUT2D eigenvalue weighted by Gasteiger charge is -2.05. The molecule has 0 radical (unpaired) electrons. The zero-order valence-corrected chi connectivity index (χ0v) is 11.6. The van der Waals surface area contributed by atoms with Gasteiger partial charge in [-0.15, -0.1) is 0 Å². The number of halogens is 1. The van der Waals surface area contributed by atoms with Crippen molar-refractivity contribution in [1.82, 2.24) is 9.78 Å². The number of nitrogens with zero attached hydrogens (tertiary/aromatic N) is 2. The standard InChI is InChI=1S/C16H14ClN3/c17-15-8-4-5-9-16(15)19-14-10-18-20(12-14)11-13-6-2-1-3-7-13/h1-10,12,19H,11H2. The summed E-state index contributed by atoms with van der Waals surface area (Å²) in [5.74, 6) is 0. The first-order valence-corrected chi connectivity index (χ1v) is 6.77. The van der Waals surface area contributed by atoms with Crippen LogP contribution in [0.5, 0.6) is 0 Å². The highest BCUT2D eigenvalue weighted by Crippen LogP contribution is 2.24. The average molecular weight is 284 g/mol. The molecule has 2 aromatic carbocycles. The largest absolute Gasteiger partial charge is 0.352 e. The molecule has 0 saturated carbocycles. The molecule has 0 aliphatic carbocycles. The molecule has 3 aromatic rings. The van der Waals surface area contributed by atoms with E-state index < -0.39 is 0 Å². The minimum atomic E-state index is 0.698. The number of hydrogen-bond donors (Lipinski definition) is 1. The molecule has 0 atom stereocenters. The molecule has 0 saturated heterocycles. The van der Waals surface area contributed by atoms with Gasteiger partial charge < -0.3 is 5.32 Å². The second-order valence-corrected chi connectivity index (χ2v) is 4.92. The summed E-state index contributed by atoms with van der Waals surface area (Å²) in [6.07, 6.45) is 3.77. The van der Waals surface area contributed by atoms with E-state index >= 15 is 0 Å². The van der Waals surface area contributed by atoms with Gasteiger partial charge in [0.2, 0.25) is 0 Å². The molecule has 0 aliphatic rings. The van der Waals surface area contributed by atoms with Crippen LogP contribution in [-0.4, -0.2) is 9.78 Å². The highest BCUT2D eigenvalue weighted by atomic mass is 35.5. The van der Waals surface area contributed by atoms with Gasteiger partial charge in [0.1, 0.15) is 0 Å². The summed E-state index contributed by atoms with van der Waals surface area (Å²) in [6, 6.07) is 17.9. The molecule has 0 unspecified atom stereocenters. The SMILES string of the molecule is Clc1ccccc1Nc1cnn(Cc2ccccc2)c1. The van der Waals surface area contributed by atoms with Crippen LogP contribution in [0.1, 0.15) is 5.56 Å². The van der Waals surface area contributed by atoms with E-state index in [1.807, 2.05) is 53.3 Å². The second kappa shape index (κ2) is 5.80. The third kappa shape index (κ3) is 3.00. The molecule has 1 heterocycles. The molecule has 0 spiro atoms. The predicted molar refractivity (Wildman–Crippen MR) is 82.5 cm³/mol. The first-order valence-electron chi connectivity index (χ1n) is 6.39. The van der Waals surface area contributed by atoms with E-state index in [0.29, 0.717) is 5.02 Å². The van der Waals surface area contributed by atoms with Crippen LogP contribution in [0.4, 0.5) is 11.4 Å². The minimum absolute atomic E-state index is 0.698. The minimum Gasteiger partial charge on any atom is -0.352 e. The Morgan fingerprint density at radius 3 is 2.55 bits per heavy atom. The number of benzene rings is 2. The summed E-state index contributed by atoms with van der Waals surface area (Å²) in [5.41, 5.74) is 3.03. The maximum Gasteiger partial charge on any atom is 0.0771 e. The van der Waals surface area contributed by atoms with Crippen LogP contribution in [-0.2, 0) is 6.54 Å². The van der Waals surface area contributed by atoms with Crippen molar-refractivity contribution in [2.24, 2.45) is 0 Å². The van der Waals surface area contributed by atoms with Gasteiger partial charge >= 0.3 is 0 Å². The molecule has 4 heteroatoms. The molecule has 1 N–H and O–H groups in total. The topological polar surface area (TPSA) is 29.9 Å². The zero-order valence-electron chi connectivity index (χ0n) is 10.8.